The number of methoxy groups -OCH3 is 1. The van der Waals surface area contributed by atoms with E-state index in [1.807, 2.05) is 0 Å². The van der Waals surface area contributed by atoms with Crippen LogP contribution in [0.3, 0.4) is 0 Å². The number of morpholine rings is 1. The number of halogens is 1. The molecule has 1 amide bonds. The van der Waals surface area contributed by atoms with Crippen LogP contribution in [0.1, 0.15) is 10.4 Å². The number of rotatable bonds is 7. The number of pyridine rings is 1. The van der Waals surface area contributed by atoms with Crippen molar-refractivity contribution in [2.45, 2.75) is 4.90 Å². The van der Waals surface area contributed by atoms with Gasteiger partial charge in [0, 0.05) is 25.0 Å². The van der Waals surface area contributed by atoms with E-state index in [1.165, 1.54) is 47.9 Å². The molecule has 1 aliphatic heterocycles. The standard InChI is InChI=1S/C19H20ClN3O7S/c1-28-15-5-4-13(11-16(15)31(26,27)23-7-9-29-10-8-23)22-17(24)12-30-19(25)14-3-2-6-21-18(14)20/h2-6,11H,7-10,12H2,1H3,(H,22,24). The molecule has 1 aromatic heterocycles. The quantitative estimate of drug-likeness (QED) is 0.478. The maximum Gasteiger partial charge on any atom is 0.341 e. The number of anilines is 1. The molecule has 1 N–H and O–H groups in total. The lowest BCUT2D eigenvalue weighted by atomic mass is 10.3. The van der Waals surface area contributed by atoms with E-state index in [-0.39, 0.29) is 40.1 Å². The van der Waals surface area contributed by atoms with Crippen LogP contribution in [0, 0.1) is 0 Å². The van der Waals surface area contributed by atoms with Crippen molar-refractivity contribution in [2.75, 3.05) is 45.3 Å². The molecule has 0 atom stereocenters. The van der Waals surface area contributed by atoms with Gasteiger partial charge in [-0.2, -0.15) is 4.31 Å². The average Bonchev–Trinajstić information content (AvgIpc) is 2.78. The van der Waals surface area contributed by atoms with Crippen LogP contribution >= 0.6 is 11.6 Å². The molecular formula is C19H20ClN3O7S. The van der Waals surface area contributed by atoms with Crippen molar-refractivity contribution in [1.82, 2.24) is 9.29 Å². The molecule has 1 aromatic carbocycles. The molecule has 0 radical (unpaired) electrons. The zero-order valence-electron chi connectivity index (χ0n) is 16.5. The van der Waals surface area contributed by atoms with Gasteiger partial charge in [0.2, 0.25) is 10.0 Å². The number of carbonyl (C=O) groups is 2. The fourth-order valence-corrected chi connectivity index (χ4v) is 4.61. The van der Waals surface area contributed by atoms with Crippen LogP contribution in [-0.4, -0.2) is 69.6 Å². The zero-order valence-corrected chi connectivity index (χ0v) is 18.1. The van der Waals surface area contributed by atoms with Crippen molar-refractivity contribution in [3.05, 3.63) is 47.2 Å². The molecule has 1 fully saturated rings. The normalized spacial score (nSPS) is 14.6. The summed E-state index contributed by atoms with van der Waals surface area (Å²) in [7, 11) is -2.50. The van der Waals surface area contributed by atoms with E-state index < -0.39 is 28.5 Å². The van der Waals surface area contributed by atoms with Crippen LogP contribution in [-0.2, 0) is 24.3 Å². The average molecular weight is 470 g/mol. The molecule has 31 heavy (non-hydrogen) atoms. The van der Waals surface area contributed by atoms with Gasteiger partial charge in [-0.25, -0.2) is 18.2 Å². The van der Waals surface area contributed by atoms with Gasteiger partial charge >= 0.3 is 5.97 Å². The van der Waals surface area contributed by atoms with Crippen LogP contribution in [0.5, 0.6) is 5.75 Å². The SMILES string of the molecule is COc1ccc(NC(=O)COC(=O)c2cccnc2Cl)cc1S(=O)(=O)N1CCOCC1. The third-order valence-corrected chi connectivity index (χ3v) is 6.57. The summed E-state index contributed by atoms with van der Waals surface area (Å²) in [4.78, 5) is 27.9. The summed E-state index contributed by atoms with van der Waals surface area (Å²) in [5.41, 5.74) is 0.230. The zero-order chi connectivity index (χ0) is 22.4. The van der Waals surface area contributed by atoms with Gasteiger partial charge in [0.05, 0.1) is 25.9 Å². The first-order valence-corrected chi connectivity index (χ1v) is 11.0. The number of esters is 1. The van der Waals surface area contributed by atoms with Crippen LogP contribution in [0.2, 0.25) is 5.15 Å². The number of nitrogens with zero attached hydrogens (tertiary/aromatic N) is 2. The Morgan fingerprint density at radius 2 is 2.00 bits per heavy atom. The Morgan fingerprint density at radius 3 is 2.68 bits per heavy atom. The second kappa shape index (κ2) is 10.1. The van der Waals surface area contributed by atoms with E-state index in [1.54, 1.807) is 0 Å². The summed E-state index contributed by atoms with van der Waals surface area (Å²) in [6.07, 6.45) is 1.41. The summed E-state index contributed by atoms with van der Waals surface area (Å²) in [6.45, 7) is 0.431. The smallest absolute Gasteiger partial charge is 0.341 e. The molecule has 166 valence electrons. The maximum atomic E-state index is 13.0. The highest BCUT2D eigenvalue weighted by molar-refractivity contribution is 7.89. The number of aromatic nitrogens is 1. The first-order valence-electron chi connectivity index (χ1n) is 9.16. The molecule has 0 unspecified atom stereocenters. The van der Waals surface area contributed by atoms with Crippen molar-refractivity contribution in [3.63, 3.8) is 0 Å². The molecule has 1 saturated heterocycles. The lowest BCUT2D eigenvalue weighted by molar-refractivity contribution is -0.119. The van der Waals surface area contributed by atoms with E-state index in [0.29, 0.717) is 13.2 Å². The van der Waals surface area contributed by atoms with Crippen LogP contribution in [0.15, 0.2) is 41.4 Å². The van der Waals surface area contributed by atoms with Crippen molar-refractivity contribution in [1.29, 1.82) is 0 Å². The highest BCUT2D eigenvalue weighted by atomic mass is 35.5. The predicted molar refractivity (Wildman–Crippen MR) is 111 cm³/mol. The van der Waals surface area contributed by atoms with Crippen molar-refractivity contribution in [2.24, 2.45) is 0 Å². The number of hydrogen-bond acceptors (Lipinski definition) is 8. The van der Waals surface area contributed by atoms with Crippen LogP contribution in [0.4, 0.5) is 5.69 Å². The lowest BCUT2D eigenvalue weighted by Gasteiger charge is -2.26. The van der Waals surface area contributed by atoms with Gasteiger partial charge in [0.15, 0.2) is 6.61 Å². The number of amides is 1. The number of nitrogens with one attached hydrogen (secondary N) is 1. The highest BCUT2D eigenvalue weighted by Gasteiger charge is 2.29. The molecule has 0 aliphatic carbocycles. The molecule has 2 heterocycles. The largest absolute Gasteiger partial charge is 0.495 e. The van der Waals surface area contributed by atoms with Gasteiger partial charge in [-0.15, -0.1) is 0 Å². The molecule has 0 spiro atoms. The van der Waals surface area contributed by atoms with E-state index in [2.05, 4.69) is 10.3 Å². The fourth-order valence-electron chi connectivity index (χ4n) is 2.83. The summed E-state index contributed by atoms with van der Waals surface area (Å²) in [5.74, 6) is -1.33. The van der Waals surface area contributed by atoms with Crippen LogP contribution < -0.4 is 10.1 Å². The topological polar surface area (TPSA) is 124 Å². The second-order valence-corrected chi connectivity index (χ2v) is 8.61. The van der Waals surface area contributed by atoms with E-state index in [9.17, 15) is 18.0 Å². The molecule has 12 heteroatoms. The van der Waals surface area contributed by atoms with Crippen LogP contribution in [0.25, 0.3) is 0 Å². The minimum Gasteiger partial charge on any atom is -0.495 e. The molecule has 3 rings (SSSR count). The Bertz CT molecular complexity index is 1070. The third kappa shape index (κ3) is 5.50. The van der Waals surface area contributed by atoms with E-state index >= 15 is 0 Å². The molecule has 1 aliphatic rings. The van der Waals surface area contributed by atoms with Crippen molar-refractivity contribution in [3.8, 4) is 5.75 Å². The Kier molecular flexibility index (Phi) is 7.44. The van der Waals surface area contributed by atoms with Crippen molar-refractivity contribution < 1.29 is 32.2 Å². The summed E-state index contributed by atoms with van der Waals surface area (Å²) in [6, 6.07) is 7.14. The minimum atomic E-state index is -3.86. The first-order chi connectivity index (χ1) is 14.8. The lowest BCUT2D eigenvalue weighted by Crippen LogP contribution is -2.40. The van der Waals surface area contributed by atoms with Gasteiger partial charge in [-0.1, -0.05) is 11.6 Å². The van der Waals surface area contributed by atoms with Gasteiger partial charge < -0.3 is 19.5 Å². The Morgan fingerprint density at radius 1 is 1.26 bits per heavy atom. The molecular weight excluding hydrogens is 450 g/mol. The minimum absolute atomic E-state index is 0.0281. The van der Waals surface area contributed by atoms with Gasteiger partial charge in [-0.3, -0.25) is 4.79 Å². The molecule has 10 nitrogen and oxygen atoms in total. The molecule has 0 bridgehead atoms. The summed E-state index contributed by atoms with van der Waals surface area (Å²) < 4.78 is 42.6. The summed E-state index contributed by atoms with van der Waals surface area (Å²) in [5, 5.41) is 2.46. The highest BCUT2D eigenvalue weighted by Crippen LogP contribution is 2.30. The Hall–Kier alpha value is -2.73. The first kappa shape index (κ1) is 22.9. The number of sulfonamides is 1. The summed E-state index contributed by atoms with van der Waals surface area (Å²) >= 11 is 5.82. The fraction of sp³-hybridized carbons (Fsp3) is 0.316. The number of benzene rings is 1. The third-order valence-electron chi connectivity index (χ3n) is 4.35. The van der Waals surface area contributed by atoms with Gasteiger partial charge in [0.25, 0.3) is 5.91 Å². The Balaban J connectivity index is 1.70. The van der Waals surface area contributed by atoms with Crippen molar-refractivity contribution >= 4 is 39.2 Å². The monoisotopic (exact) mass is 469 g/mol. The maximum absolute atomic E-state index is 13.0. The number of carbonyl (C=O) groups excluding carboxylic acids is 2. The van der Waals surface area contributed by atoms with E-state index in [0.717, 1.165) is 0 Å². The van der Waals surface area contributed by atoms with Gasteiger partial charge in [0.1, 0.15) is 15.8 Å². The predicted octanol–water partition coefficient (Wildman–Crippen LogP) is 1.56. The molecule has 2 aromatic rings. The number of ether oxygens (including phenoxy) is 3. The Labute approximate surface area is 184 Å². The van der Waals surface area contributed by atoms with E-state index in [4.69, 9.17) is 25.8 Å². The number of hydrogen-bond donors (Lipinski definition) is 1. The van der Waals surface area contributed by atoms with Gasteiger partial charge in [-0.05, 0) is 30.3 Å². The second-order valence-electron chi connectivity index (χ2n) is 6.35. The molecule has 0 saturated carbocycles.